The average molecular weight is 341 g/mol. The number of rotatable bonds is 6. The van der Waals surface area contributed by atoms with Crippen LogP contribution < -0.4 is 5.32 Å². The molecule has 2 aromatic rings. The fourth-order valence-electron chi connectivity index (χ4n) is 2.22. The van der Waals surface area contributed by atoms with Gasteiger partial charge in [-0.3, -0.25) is 4.79 Å². The van der Waals surface area contributed by atoms with Crippen molar-refractivity contribution in [2.45, 2.75) is 12.5 Å². The van der Waals surface area contributed by atoms with Crippen LogP contribution in [0, 0.1) is 0 Å². The van der Waals surface area contributed by atoms with Gasteiger partial charge in [0, 0.05) is 12.5 Å². The lowest BCUT2D eigenvalue weighted by molar-refractivity contribution is -0.144. The number of benzene rings is 2. The Hall–Kier alpha value is -3.28. The maximum atomic E-state index is 12.1. The molecule has 0 unspecified atom stereocenters. The second-order valence-electron chi connectivity index (χ2n) is 5.36. The molecular formula is C19H19NO5. The molecule has 1 atom stereocenters. The van der Waals surface area contributed by atoms with E-state index in [0.717, 1.165) is 5.56 Å². The summed E-state index contributed by atoms with van der Waals surface area (Å²) in [6.07, 6.45) is 3.02. The van der Waals surface area contributed by atoms with Crippen LogP contribution in [0.15, 0.2) is 54.6 Å². The van der Waals surface area contributed by atoms with Gasteiger partial charge in [-0.1, -0.05) is 36.4 Å². The Kier molecular flexibility index (Phi) is 6.17. The number of esters is 1. The lowest BCUT2D eigenvalue weighted by Gasteiger charge is -2.15. The zero-order valence-electron chi connectivity index (χ0n) is 13.7. The van der Waals surface area contributed by atoms with Gasteiger partial charge in [0.25, 0.3) is 0 Å². The van der Waals surface area contributed by atoms with E-state index in [4.69, 9.17) is 4.74 Å². The highest BCUT2D eigenvalue weighted by atomic mass is 16.5. The molecule has 6 heteroatoms. The molecule has 1 amide bonds. The second kappa shape index (κ2) is 8.54. The lowest BCUT2D eigenvalue weighted by atomic mass is 10.1. The van der Waals surface area contributed by atoms with Crippen LogP contribution in [0.25, 0.3) is 6.08 Å². The highest BCUT2D eigenvalue weighted by Gasteiger charge is 2.20. The predicted octanol–water partition coefficient (Wildman–Crippen LogP) is 2.01. The van der Waals surface area contributed by atoms with Gasteiger partial charge in [-0.05, 0) is 29.3 Å². The predicted molar refractivity (Wildman–Crippen MR) is 92.9 cm³/mol. The van der Waals surface area contributed by atoms with E-state index in [1.807, 2.05) is 30.3 Å². The number of aromatic hydroxyl groups is 2. The number of hydrogen-bond donors (Lipinski definition) is 3. The second-order valence-corrected chi connectivity index (χ2v) is 5.36. The van der Waals surface area contributed by atoms with Gasteiger partial charge in [-0.15, -0.1) is 0 Å². The van der Waals surface area contributed by atoms with Crippen LogP contribution >= 0.6 is 0 Å². The van der Waals surface area contributed by atoms with Crippen LogP contribution in [0.2, 0.25) is 0 Å². The zero-order valence-corrected chi connectivity index (χ0v) is 13.7. The maximum absolute atomic E-state index is 12.1. The van der Waals surface area contributed by atoms with E-state index >= 15 is 0 Å². The zero-order chi connectivity index (χ0) is 18.2. The summed E-state index contributed by atoms with van der Waals surface area (Å²) in [5, 5.41) is 21.3. The van der Waals surface area contributed by atoms with Crippen molar-refractivity contribution in [2.24, 2.45) is 0 Å². The number of ether oxygens (including phenoxy) is 1. The molecule has 2 aromatic carbocycles. The van der Waals surface area contributed by atoms with Gasteiger partial charge in [0.2, 0.25) is 5.91 Å². The van der Waals surface area contributed by atoms with E-state index in [1.54, 1.807) is 6.07 Å². The Morgan fingerprint density at radius 2 is 1.84 bits per heavy atom. The fraction of sp³-hybridized carbons (Fsp3) is 0.158. The number of phenolic OH excluding ortho intramolecular Hbond substituents is 2. The fourth-order valence-corrected chi connectivity index (χ4v) is 2.22. The molecule has 0 aromatic heterocycles. The topological polar surface area (TPSA) is 95.9 Å². The summed E-state index contributed by atoms with van der Waals surface area (Å²) >= 11 is 0. The molecule has 0 radical (unpaired) electrons. The number of carbonyl (C=O) groups is 2. The van der Waals surface area contributed by atoms with Crippen LogP contribution in [-0.4, -0.2) is 35.2 Å². The average Bonchev–Trinajstić information content (AvgIpc) is 2.62. The third kappa shape index (κ3) is 5.39. The molecule has 0 bridgehead atoms. The number of hydrogen-bond acceptors (Lipinski definition) is 5. The SMILES string of the molecule is COC(=O)[C@H](Cc1ccccc1)NC(=O)/C=C/c1ccc(O)c(O)c1. The summed E-state index contributed by atoms with van der Waals surface area (Å²) in [5.41, 5.74) is 1.42. The minimum atomic E-state index is -0.808. The first-order valence-corrected chi connectivity index (χ1v) is 7.62. The van der Waals surface area contributed by atoms with Crippen molar-refractivity contribution in [3.8, 4) is 11.5 Å². The molecule has 0 heterocycles. The van der Waals surface area contributed by atoms with Gasteiger partial charge in [-0.2, -0.15) is 0 Å². The van der Waals surface area contributed by atoms with Gasteiger partial charge in [-0.25, -0.2) is 4.79 Å². The monoisotopic (exact) mass is 341 g/mol. The molecular weight excluding hydrogens is 322 g/mol. The quantitative estimate of drug-likeness (QED) is 0.424. The first kappa shape index (κ1) is 18.1. The number of phenols is 2. The Morgan fingerprint density at radius 3 is 2.48 bits per heavy atom. The largest absolute Gasteiger partial charge is 0.504 e. The molecule has 0 aliphatic carbocycles. The summed E-state index contributed by atoms with van der Waals surface area (Å²) in [6.45, 7) is 0. The van der Waals surface area contributed by atoms with Crippen LogP contribution in [0.3, 0.4) is 0 Å². The molecule has 0 aliphatic rings. The summed E-state index contributed by atoms with van der Waals surface area (Å²) in [6, 6.07) is 12.7. The Morgan fingerprint density at radius 1 is 1.12 bits per heavy atom. The molecule has 0 aliphatic heterocycles. The van der Waals surface area contributed by atoms with Crippen molar-refractivity contribution in [3.63, 3.8) is 0 Å². The molecule has 0 spiro atoms. The summed E-state index contributed by atoms with van der Waals surface area (Å²) in [5.74, 6) is -1.53. The van der Waals surface area contributed by atoms with Crippen LogP contribution in [-0.2, 0) is 20.7 Å². The molecule has 2 rings (SSSR count). The van der Waals surface area contributed by atoms with Crippen molar-refractivity contribution in [1.29, 1.82) is 0 Å². The third-order valence-electron chi connectivity index (χ3n) is 3.51. The summed E-state index contributed by atoms with van der Waals surface area (Å²) in [4.78, 5) is 24.0. The molecule has 130 valence electrons. The number of amides is 1. The van der Waals surface area contributed by atoms with Crippen molar-refractivity contribution in [3.05, 3.63) is 65.7 Å². The van der Waals surface area contributed by atoms with Crippen LogP contribution in [0.1, 0.15) is 11.1 Å². The van der Waals surface area contributed by atoms with Gasteiger partial charge in [0.05, 0.1) is 7.11 Å². The first-order valence-electron chi connectivity index (χ1n) is 7.62. The number of nitrogens with one attached hydrogen (secondary N) is 1. The first-order chi connectivity index (χ1) is 12.0. The smallest absolute Gasteiger partial charge is 0.328 e. The van der Waals surface area contributed by atoms with E-state index in [0.29, 0.717) is 12.0 Å². The maximum Gasteiger partial charge on any atom is 0.328 e. The molecule has 0 saturated heterocycles. The van der Waals surface area contributed by atoms with E-state index in [9.17, 15) is 19.8 Å². The number of methoxy groups -OCH3 is 1. The van der Waals surface area contributed by atoms with Gasteiger partial charge < -0.3 is 20.3 Å². The van der Waals surface area contributed by atoms with Crippen molar-refractivity contribution >= 4 is 18.0 Å². The van der Waals surface area contributed by atoms with Crippen molar-refractivity contribution in [2.75, 3.05) is 7.11 Å². The van der Waals surface area contributed by atoms with E-state index < -0.39 is 17.9 Å². The molecule has 6 nitrogen and oxygen atoms in total. The van der Waals surface area contributed by atoms with E-state index in [1.165, 1.54) is 31.4 Å². The van der Waals surface area contributed by atoms with E-state index in [-0.39, 0.29) is 11.5 Å². The highest BCUT2D eigenvalue weighted by molar-refractivity contribution is 5.94. The summed E-state index contributed by atoms with van der Waals surface area (Å²) < 4.78 is 4.74. The standard InChI is InChI=1S/C19H19NO5/c1-25-19(24)15(11-13-5-3-2-4-6-13)20-18(23)10-8-14-7-9-16(21)17(22)12-14/h2-10,12,15,21-22H,11H2,1H3,(H,20,23)/b10-8+/t15-/m0/s1. The van der Waals surface area contributed by atoms with Gasteiger partial charge >= 0.3 is 5.97 Å². The molecule has 25 heavy (non-hydrogen) atoms. The Labute approximate surface area is 145 Å². The van der Waals surface area contributed by atoms with Crippen LogP contribution in [0.4, 0.5) is 0 Å². The van der Waals surface area contributed by atoms with Crippen LogP contribution in [0.5, 0.6) is 11.5 Å². The Balaban J connectivity index is 2.04. The highest BCUT2D eigenvalue weighted by Crippen LogP contribution is 2.25. The molecule has 0 saturated carbocycles. The van der Waals surface area contributed by atoms with Crippen molar-refractivity contribution < 1.29 is 24.5 Å². The van der Waals surface area contributed by atoms with Gasteiger partial charge in [0.1, 0.15) is 6.04 Å². The lowest BCUT2D eigenvalue weighted by Crippen LogP contribution is -2.42. The van der Waals surface area contributed by atoms with Crippen molar-refractivity contribution in [1.82, 2.24) is 5.32 Å². The number of carbonyl (C=O) groups excluding carboxylic acids is 2. The Bertz CT molecular complexity index is 771. The molecule has 0 fully saturated rings. The normalized spacial score (nSPS) is 11.9. The van der Waals surface area contributed by atoms with E-state index in [2.05, 4.69) is 5.32 Å². The minimum absolute atomic E-state index is 0.241. The van der Waals surface area contributed by atoms with Gasteiger partial charge in [0.15, 0.2) is 11.5 Å². The minimum Gasteiger partial charge on any atom is -0.504 e. The summed E-state index contributed by atoms with van der Waals surface area (Å²) in [7, 11) is 1.27. The third-order valence-corrected chi connectivity index (χ3v) is 3.51. The molecule has 3 N–H and O–H groups in total.